The summed E-state index contributed by atoms with van der Waals surface area (Å²) in [5, 5.41) is 4.43. The van der Waals surface area contributed by atoms with E-state index < -0.39 is 0 Å². The number of hydrogen-bond donors (Lipinski definition) is 0. The van der Waals surface area contributed by atoms with E-state index in [0.29, 0.717) is 6.54 Å². The average Bonchev–Trinajstić information content (AvgIpc) is 2.58. The Morgan fingerprint density at radius 3 is 2.27 bits per heavy atom. The first kappa shape index (κ1) is 14.0. The van der Waals surface area contributed by atoms with Crippen LogP contribution in [-0.4, -0.2) is 9.78 Å². The third-order valence-electron chi connectivity index (χ3n) is 3.32. The molecule has 3 heteroatoms. The first-order valence-corrected chi connectivity index (χ1v) is 7.18. The SMILES string of the molecule is O=c1ccc(-c2ccccc2)nn1C/C=C/c1ccccc1. The van der Waals surface area contributed by atoms with E-state index in [0.717, 1.165) is 16.8 Å². The monoisotopic (exact) mass is 288 g/mol. The van der Waals surface area contributed by atoms with Crippen molar-refractivity contribution >= 4 is 6.08 Å². The number of rotatable bonds is 4. The van der Waals surface area contributed by atoms with Crippen LogP contribution in [0.3, 0.4) is 0 Å². The van der Waals surface area contributed by atoms with Crippen molar-refractivity contribution < 1.29 is 0 Å². The van der Waals surface area contributed by atoms with E-state index in [-0.39, 0.29) is 5.56 Å². The summed E-state index contributed by atoms with van der Waals surface area (Å²) in [5.74, 6) is 0. The van der Waals surface area contributed by atoms with Crippen molar-refractivity contribution in [3.63, 3.8) is 0 Å². The molecule has 0 saturated carbocycles. The number of allylic oxidation sites excluding steroid dienone is 1. The summed E-state index contributed by atoms with van der Waals surface area (Å²) >= 11 is 0. The minimum absolute atomic E-state index is 0.0996. The van der Waals surface area contributed by atoms with Crippen molar-refractivity contribution in [2.75, 3.05) is 0 Å². The molecule has 0 atom stereocenters. The van der Waals surface area contributed by atoms with E-state index in [2.05, 4.69) is 5.10 Å². The van der Waals surface area contributed by atoms with Gasteiger partial charge in [0.15, 0.2) is 0 Å². The summed E-state index contributed by atoms with van der Waals surface area (Å²) in [6.07, 6.45) is 3.93. The van der Waals surface area contributed by atoms with Gasteiger partial charge in [-0.2, -0.15) is 5.10 Å². The molecule has 0 aliphatic heterocycles. The molecule has 22 heavy (non-hydrogen) atoms. The highest BCUT2D eigenvalue weighted by molar-refractivity contribution is 5.57. The quantitative estimate of drug-likeness (QED) is 0.735. The lowest BCUT2D eigenvalue weighted by Crippen LogP contribution is -2.21. The molecule has 0 radical (unpaired) electrons. The third-order valence-corrected chi connectivity index (χ3v) is 3.32. The molecule has 3 nitrogen and oxygen atoms in total. The Bertz CT molecular complexity index is 821. The predicted octanol–water partition coefficient (Wildman–Crippen LogP) is 3.62. The molecule has 0 aliphatic rings. The molecule has 0 unspecified atom stereocenters. The molecular weight excluding hydrogens is 272 g/mol. The first-order chi connectivity index (χ1) is 10.8. The number of nitrogens with zero attached hydrogens (tertiary/aromatic N) is 2. The molecule has 0 saturated heterocycles. The fourth-order valence-electron chi connectivity index (χ4n) is 2.20. The Hall–Kier alpha value is -2.94. The van der Waals surface area contributed by atoms with Gasteiger partial charge in [0, 0.05) is 11.6 Å². The van der Waals surface area contributed by atoms with Gasteiger partial charge in [0.2, 0.25) is 0 Å². The van der Waals surface area contributed by atoms with Gasteiger partial charge in [-0.25, -0.2) is 4.68 Å². The van der Waals surface area contributed by atoms with Gasteiger partial charge in [0.05, 0.1) is 12.2 Å². The van der Waals surface area contributed by atoms with Crippen LogP contribution in [0.4, 0.5) is 0 Å². The Kier molecular flexibility index (Phi) is 4.25. The largest absolute Gasteiger partial charge is 0.268 e. The molecule has 0 fully saturated rings. The molecule has 0 N–H and O–H groups in total. The summed E-state index contributed by atoms with van der Waals surface area (Å²) in [4.78, 5) is 11.9. The molecule has 2 aromatic carbocycles. The minimum Gasteiger partial charge on any atom is -0.268 e. The molecular formula is C19H16N2O. The van der Waals surface area contributed by atoms with Gasteiger partial charge in [-0.15, -0.1) is 0 Å². The van der Waals surface area contributed by atoms with Gasteiger partial charge < -0.3 is 0 Å². The van der Waals surface area contributed by atoms with Gasteiger partial charge in [0.25, 0.3) is 5.56 Å². The van der Waals surface area contributed by atoms with Gasteiger partial charge in [-0.1, -0.05) is 72.8 Å². The molecule has 0 spiro atoms. The summed E-state index contributed by atoms with van der Waals surface area (Å²) < 4.78 is 1.47. The fraction of sp³-hybridized carbons (Fsp3) is 0.0526. The normalized spacial score (nSPS) is 10.9. The zero-order valence-corrected chi connectivity index (χ0v) is 12.1. The highest BCUT2D eigenvalue weighted by Crippen LogP contribution is 2.13. The minimum atomic E-state index is -0.0996. The lowest BCUT2D eigenvalue weighted by Gasteiger charge is -2.04. The molecule has 1 heterocycles. The van der Waals surface area contributed by atoms with Crippen molar-refractivity contribution in [2.45, 2.75) is 6.54 Å². The molecule has 0 amide bonds. The maximum absolute atomic E-state index is 11.9. The lowest BCUT2D eigenvalue weighted by molar-refractivity contribution is 0.656. The van der Waals surface area contributed by atoms with Crippen LogP contribution in [0, 0.1) is 0 Å². The van der Waals surface area contributed by atoms with E-state index in [1.54, 1.807) is 12.1 Å². The van der Waals surface area contributed by atoms with Crippen LogP contribution in [0.2, 0.25) is 0 Å². The highest BCUT2D eigenvalue weighted by atomic mass is 16.1. The first-order valence-electron chi connectivity index (χ1n) is 7.18. The lowest BCUT2D eigenvalue weighted by atomic mass is 10.1. The Morgan fingerprint density at radius 1 is 0.864 bits per heavy atom. The summed E-state index contributed by atoms with van der Waals surface area (Å²) in [6.45, 7) is 0.453. The van der Waals surface area contributed by atoms with Crippen molar-refractivity contribution in [3.05, 3.63) is 94.8 Å². The second-order valence-electron chi connectivity index (χ2n) is 4.92. The van der Waals surface area contributed by atoms with Crippen molar-refractivity contribution in [1.82, 2.24) is 9.78 Å². The van der Waals surface area contributed by atoms with E-state index in [1.807, 2.05) is 72.8 Å². The topological polar surface area (TPSA) is 34.9 Å². The van der Waals surface area contributed by atoms with E-state index in [1.165, 1.54) is 4.68 Å². The van der Waals surface area contributed by atoms with Gasteiger partial charge >= 0.3 is 0 Å². The molecule has 3 aromatic rings. The van der Waals surface area contributed by atoms with Crippen LogP contribution >= 0.6 is 0 Å². The summed E-state index contributed by atoms with van der Waals surface area (Å²) in [6, 6.07) is 23.2. The Labute approximate surface area is 129 Å². The standard InChI is InChI=1S/C19H16N2O/c22-19-14-13-18(17-11-5-2-6-12-17)20-21(19)15-7-10-16-8-3-1-4-9-16/h1-14H,15H2/b10-7+. The van der Waals surface area contributed by atoms with Crippen LogP contribution < -0.4 is 5.56 Å². The van der Waals surface area contributed by atoms with Crippen molar-refractivity contribution in [2.24, 2.45) is 0 Å². The zero-order chi connectivity index (χ0) is 15.2. The second-order valence-corrected chi connectivity index (χ2v) is 4.92. The maximum Gasteiger partial charge on any atom is 0.267 e. The van der Waals surface area contributed by atoms with Gasteiger partial charge in [-0.3, -0.25) is 4.79 Å². The summed E-state index contributed by atoms with van der Waals surface area (Å²) in [7, 11) is 0. The molecule has 3 rings (SSSR count). The number of benzene rings is 2. The van der Waals surface area contributed by atoms with Crippen LogP contribution in [0.25, 0.3) is 17.3 Å². The number of aromatic nitrogens is 2. The van der Waals surface area contributed by atoms with E-state index >= 15 is 0 Å². The second kappa shape index (κ2) is 6.68. The van der Waals surface area contributed by atoms with E-state index in [4.69, 9.17) is 0 Å². The molecule has 108 valence electrons. The molecule has 0 aliphatic carbocycles. The highest BCUT2D eigenvalue weighted by Gasteiger charge is 2.01. The van der Waals surface area contributed by atoms with Crippen molar-refractivity contribution in [3.8, 4) is 11.3 Å². The smallest absolute Gasteiger partial charge is 0.267 e. The Balaban J connectivity index is 1.82. The molecule has 1 aromatic heterocycles. The van der Waals surface area contributed by atoms with Crippen LogP contribution in [-0.2, 0) is 6.54 Å². The van der Waals surface area contributed by atoms with Gasteiger partial charge in [-0.05, 0) is 11.6 Å². The van der Waals surface area contributed by atoms with Crippen LogP contribution in [0.1, 0.15) is 5.56 Å². The predicted molar refractivity (Wildman–Crippen MR) is 89.4 cm³/mol. The maximum atomic E-state index is 11.9. The van der Waals surface area contributed by atoms with Crippen LogP contribution in [0.5, 0.6) is 0 Å². The number of hydrogen-bond acceptors (Lipinski definition) is 2. The fourth-order valence-corrected chi connectivity index (χ4v) is 2.20. The molecule has 0 bridgehead atoms. The van der Waals surface area contributed by atoms with Crippen LogP contribution in [0.15, 0.2) is 83.7 Å². The zero-order valence-electron chi connectivity index (χ0n) is 12.1. The third kappa shape index (κ3) is 3.38. The average molecular weight is 288 g/mol. The Morgan fingerprint density at radius 2 is 1.55 bits per heavy atom. The summed E-state index contributed by atoms with van der Waals surface area (Å²) in [5.41, 5.74) is 2.81. The van der Waals surface area contributed by atoms with Gasteiger partial charge in [0.1, 0.15) is 0 Å². The van der Waals surface area contributed by atoms with E-state index in [9.17, 15) is 4.79 Å². The van der Waals surface area contributed by atoms with Crippen molar-refractivity contribution in [1.29, 1.82) is 0 Å².